The summed E-state index contributed by atoms with van der Waals surface area (Å²) in [5.74, 6) is 1.86. The van der Waals surface area contributed by atoms with Gasteiger partial charge >= 0.3 is 0 Å². The van der Waals surface area contributed by atoms with E-state index < -0.39 is 0 Å². The first-order valence-electron chi connectivity index (χ1n) is 9.22. The van der Waals surface area contributed by atoms with Crippen molar-refractivity contribution in [3.8, 4) is 17.1 Å². The summed E-state index contributed by atoms with van der Waals surface area (Å²) in [7, 11) is 0. The first-order chi connectivity index (χ1) is 14.0. The quantitative estimate of drug-likeness (QED) is 0.456. The van der Waals surface area contributed by atoms with Crippen LogP contribution < -0.4 is 15.4 Å². The van der Waals surface area contributed by atoms with Crippen molar-refractivity contribution in [2.24, 2.45) is 0 Å². The molecule has 5 nitrogen and oxygen atoms in total. The fraction of sp³-hybridized carbons (Fsp3) is 0.182. The zero-order valence-electron chi connectivity index (χ0n) is 15.9. The third-order valence-corrected chi connectivity index (χ3v) is 4.78. The number of nitrogens with one attached hydrogen (secondary N) is 2. The molecule has 150 valence electrons. The monoisotopic (exact) mass is 472 g/mol. The van der Waals surface area contributed by atoms with E-state index in [4.69, 9.17) is 21.4 Å². The largest absolute Gasteiger partial charge is 0.494 e. The summed E-state index contributed by atoms with van der Waals surface area (Å²) in [5, 5.41) is 5.90. The van der Waals surface area contributed by atoms with E-state index >= 15 is 0 Å². The Morgan fingerprint density at radius 2 is 1.93 bits per heavy atom. The number of thiocarbonyl (C=S) groups is 1. The number of benzene rings is 2. The van der Waals surface area contributed by atoms with Crippen LogP contribution in [0, 0.1) is 0 Å². The summed E-state index contributed by atoms with van der Waals surface area (Å²) in [6, 6.07) is 18.7. The number of hydrogen-bond acceptors (Lipinski definition) is 4. The van der Waals surface area contributed by atoms with Crippen LogP contribution in [0.15, 0.2) is 69.6 Å². The minimum atomic E-state index is -0.292. The van der Waals surface area contributed by atoms with Gasteiger partial charge in [0.15, 0.2) is 5.11 Å². The van der Waals surface area contributed by atoms with Crippen molar-refractivity contribution in [2.75, 3.05) is 6.61 Å². The highest BCUT2D eigenvalue weighted by molar-refractivity contribution is 9.10. The van der Waals surface area contributed by atoms with Crippen LogP contribution in [0.3, 0.4) is 0 Å². The lowest BCUT2D eigenvalue weighted by atomic mass is 10.2. The predicted molar refractivity (Wildman–Crippen MR) is 121 cm³/mol. The molecule has 2 aromatic carbocycles. The molecule has 3 rings (SSSR count). The number of carbonyl (C=O) groups is 1. The number of hydrogen-bond donors (Lipinski definition) is 2. The molecule has 0 unspecified atom stereocenters. The lowest BCUT2D eigenvalue weighted by molar-refractivity contribution is 0.0976. The minimum Gasteiger partial charge on any atom is -0.494 e. The highest BCUT2D eigenvalue weighted by Crippen LogP contribution is 2.24. The molecule has 0 bridgehead atoms. The molecule has 3 aromatic rings. The van der Waals surface area contributed by atoms with Gasteiger partial charge in [-0.2, -0.15) is 0 Å². The maximum Gasteiger partial charge on any atom is 0.257 e. The number of ether oxygens (including phenoxy) is 1. The molecular weight excluding hydrogens is 452 g/mol. The van der Waals surface area contributed by atoms with Gasteiger partial charge < -0.3 is 14.5 Å². The predicted octanol–water partition coefficient (Wildman–Crippen LogP) is 5.30. The van der Waals surface area contributed by atoms with Gasteiger partial charge in [-0.25, -0.2) is 0 Å². The summed E-state index contributed by atoms with van der Waals surface area (Å²) in [6.45, 7) is 3.01. The zero-order valence-corrected chi connectivity index (χ0v) is 18.3. The topological polar surface area (TPSA) is 63.5 Å². The summed E-state index contributed by atoms with van der Waals surface area (Å²) >= 11 is 8.64. The number of amides is 1. The standard InChI is InChI=1S/C22H21BrN2O3S/c1-2-12-27-18-5-3-4-16(13-18)21(26)25-22(29)24-14-19-10-11-20(28-19)15-6-8-17(23)9-7-15/h3-11,13H,2,12,14H2,1H3,(H2,24,25,26,29). The minimum absolute atomic E-state index is 0.233. The molecule has 1 amide bonds. The van der Waals surface area contributed by atoms with Gasteiger partial charge in [-0.05, 0) is 61.1 Å². The van der Waals surface area contributed by atoms with E-state index in [1.54, 1.807) is 18.2 Å². The van der Waals surface area contributed by atoms with Gasteiger partial charge in [-0.1, -0.05) is 41.1 Å². The lowest BCUT2D eigenvalue weighted by Crippen LogP contribution is -2.38. The molecule has 0 aliphatic carbocycles. The van der Waals surface area contributed by atoms with E-state index in [1.165, 1.54) is 0 Å². The molecular formula is C22H21BrN2O3S. The average molecular weight is 473 g/mol. The second-order valence-electron chi connectivity index (χ2n) is 6.29. The Labute approximate surface area is 183 Å². The third-order valence-electron chi connectivity index (χ3n) is 4.01. The number of carbonyl (C=O) groups excluding carboxylic acids is 1. The summed E-state index contributed by atoms with van der Waals surface area (Å²) < 4.78 is 12.4. The smallest absolute Gasteiger partial charge is 0.257 e. The molecule has 7 heteroatoms. The van der Waals surface area contributed by atoms with Crippen LogP contribution in [-0.2, 0) is 6.54 Å². The van der Waals surface area contributed by atoms with Crippen LogP contribution >= 0.6 is 28.1 Å². The fourth-order valence-electron chi connectivity index (χ4n) is 2.58. The highest BCUT2D eigenvalue weighted by Gasteiger charge is 2.10. The van der Waals surface area contributed by atoms with Crippen LogP contribution in [0.4, 0.5) is 0 Å². The van der Waals surface area contributed by atoms with E-state index in [0.29, 0.717) is 24.5 Å². The van der Waals surface area contributed by atoms with Gasteiger partial charge in [0.2, 0.25) is 0 Å². The first-order valence-corrected chi connectivity index (χ1v) is 10.4. The van der Waals surface area contributed by atoms with Crippen molar-refractivity contribution in [2.45, 2.75) is 19.9 Å². The highest BCUT2D eigenvalue weighted by atomic mass is 79.9. The van der Waals surface area contributed by atoms with Gasteiger partial charge in [-0.15, -0.1) is 0 Å². The molecule has 1 heterocycles. The molecule has 0 aliphatic rings. The molecule has 0 atom stereocenters. The van der Waals surface area contributed by atoms with Crippen LogP contribution in [0.5, 0.6) is 5.75 Å². The van der Waals surface area contributed by atoms with Gasteiger partial charge in [0.25, 0.3) is 5.91 Å². The van der Waals surface area contributed by atoms with E-state index in [9.17, 15) is 4.79 Å². The van der Waals surface area contributed by atoms with Gasteiger partial charge in [0.05, 0.1) is 13.2 Å². The van der Waals surface area contributed by atoms with Crippen molar-refractivity contribution < 1.29 is 13.9 Å². The van der Waals surface area contributed by atoms with Crippen molar-refractivity contribution in [1.82, 2.24) is 10.6 Å². The normalized spacial score (nSPS) is 10.4. The van der Waals surface area contributed by atoms with E-state index in [1.807, 2.05) is 49.4 Å². The van der Waals surface area contributed by atoms with Gasteiger partial charge in [0, 0.05) is 15.6 Å². The molecule has 0 aliphatic heterocycles. The molecule has 1 aromatic heterocycles. The second-order valence-corrected chi connectivity index (χ2v) is 7.61. The van der Waals surface area contributed by atoms with Crippen LogP contribution in [-0.4, -0.2) is 17.6 Å². The molecule has 29 heavy (non-hydrogen) atoms. The first kappa shape index (κ1) is 21.1. The Hall–Kier alpha value is -2.64. The molecule has 0 spiro atoms. The lowest BCUT2D eigenvalue weighted by Gasteiger charge is -2.10. The van der Waals surface area contributed by atoms with Crippen molar-refractivity contribution in [3.05, 3.63) is 76.5 Å². The van der Waals surface area contributed by atoms with Crippen LogP contribution in [0.1, 0.15) is 29.5 Å². The van der Waals surface area contributed by atoms with E-state index in [2.05, 4.69) is 26.6 Å². The Balaban J connectivity index is 1.52. The Morgan fingerprint density at radius 1 is 1.14 bits per heavy atom. The van der Waals surface area contributed by atoms with Crippen molar-refractivity contribution in [3.63, 3.8) is 0 Å². The molecule has 0 fully saturated rings. The summed E-state index contributed by atoms with van der Waals surface area (Å²) in [5.41, 5.74) is 1.47. The number of halogens is 1. The number of furan rings is 1. The van der Waals surface area contributed by atoms with Crippen LogP contribution in [0.25, 0.3) is 11.3 Å². The van der Waals surface area contributed by atoms with Crippen LogP contribution in [0.2, 0.25) is 0 Å². The number of rotatable bonds is 7. The Morgan fingerprint density at radius 3 is 2.69 bits per heavy atom. The summed E-state index contributed by atoms with van der Waals surface area (Å²) in [4.78, 5) is 12.4. The average Bonchev–Trinajstić information content (AvgIpc) is 3.20. The Bertz CT molecular complexity index is 986. The zero-order chi connectivity index (χ0) is 20.6. The molecule has 0 saturated heterocycles. The SMILES string of the molecule is CCCOc1cccc(C(=O)NC(=S)NCc2ccc(-c3ccc(Br)cc3)o2)c1. The Kier molecular flexibility index (Phi) is 7.43. The fourth-order valence-corrected chi connectivity index (χ4v) is 3.01. The second kappa shape index (κ2) is 10.2. The maximum absolute atomic E-state index is 12.4. The van der Waals surface area contributed by atoms with Gasteiger partial charge in [0.1, 0.15) is 17.3 Å². The molecule has 0 saturated carbocycles. The third kappa shape index (κ3) is 6.17. The molecule has 2 N–H and O–H groups in total. The molecule has 0 radical (unpaired) electrons. The maximum atomic E-state index is 12.4. The van der Waals surface area contributed by atoms with E-state index in [-0.39, 0.29) is 11.0 Å². The summed E-state index contributed by atoms with van der Waals surface area (Å²) in [6.07, 6.45) is 0.904. The van der Waals surface area contributed by atoms with Crippen molar-refractivity contribution in [1.29, 1.82) is 0 Å². The van der Waals surface area contributed by atoms with Crippen molar-refractivity contribution >= 4 is 39.2 Å². The van der Waals surface area contributed by atoms with Gasteiger partial charge in [-0.3, -0.25) is 10.1 Å². The van der Waals surface area contributed by atoms with E-state index in [0.717, 1.165) is 28.0 Å².